The van der Waals surface area contributed by atoms with Crippen LogP contribution >= 0.6 is 0 Å². The van der Waals surface area contributed by atoms with E-state index in [9.17, 15) is 17.6 Å². The van der Waals surface area contributed by atoms with Crippen LogP contribution in [0.25, 0.3) is 0 Å². The molecule has 0 radical (unpaired) electrons. The van der Waals surface area contributed by atoms with Crippen molar-refractivity contribution in [2.75, 3.05) is 16.7 Å². The maximum absolute atomic E-state index is 13.6. The summed E-state index contributed by atoms with van der Waals surface area (Å²) >= 11 is 0. The van der Waals surface area contributed by atoms with Crippen LogP contribution in [0.3, 0.4) is 0 Å². The molecule has 0 spiro atoms. The van der Waals surface area contributed by atoms with Gasteiger partial charge in [0.15, 0.2) is 0 Å². The Bertz CT molecular complexity index is 1110. The number of nitrogens with one attached hydrogen (secondary N) is 1. The summed E-state index contributed by atoms with van der Waals surface area (Å²) in [6.07, 6.45) is 0.0447. The van der Waals surface area contributed by atoms with Crippen LogP contribution in [0.4, 0.5) is 15.8 Å². The molecule has 1 amide bonds. The van der Waals surface area contributed by atoms with E-state index in [4.69, 9.17) is 0 Å². The topological polar surface area (TPSA) is 66.5 Å². The average molecular weight is 412 g/mol. The minimum absolute atomic E-state index is 0.0447. The first-order valence-electron chi connectivity index (χ1n) is 8.96. The predicted octanol–water partition coefficient (Wildman–Crippen LogP) is 4.14. The molecule has 0 saturated heterocycles. The minimum atomic E-state index is -3.68. The highest BCUT2D eigenvalue weighted by Crippen LogP contribution is 2.23. The fourth-order valence-corrected chi connectivity index (χ4v) is 3.97. The number of benzene rings is 3. The average Bonchev–Trinajstić information content (AvgIpc) is 2.70. The second-order valence-corrected chi connectivity index (χ2v) is 8.63. The number of carbonyl (C=O) groups excluding carboxylic acids is 1. The highest BCUT2D eigenvalue weighted by molar-refractivity contribution is 7.92. The summed E-state index contributed by atoms with van der Waals surface area (Å²) in [5, 5.41) is 2.53. The first-order chi connectivity index (χ1) is 13.8. The standard InChI is InChI=1S/C22H21FN2O3S/c1-16-7-13-19(14-8-16)29(27,28)25(2)18-11-9-17(10-12-18)15-22(26)24-21-6-4-3-5-20(21)23/h3-14H,15H2,1-2H3,(H,24,26). The van der Waals surface area contributed by atoms with Gasteiger partial charge in [-0.1, -0.05) is 42.0 Å². The largest absolute Gasteiger partial charge is 0.323 e. The monoisotopic (exact) mass is 412 g/mol. The van der Waals surface area contributed by atoms with E-state index in [1.807, 2.05) is 6.92 Å². The smallest absolute Gasteiger partial charge is 0.264 e. The molecule has 3 rings (SSSR count). The number of hydrogen-bond acceptors (Lipinski definition) is 3. The van der Waals surface area contributed by atoms with Crippen molar-refractivity contribution in [1.29, 1.82) is 0 Å². The fraction of sp³-hybridized carbons (Fsp3) is 0.136. The molecule has 0 fully saturated rings. The maximum Gasteiger partial charge on any atom is 0.264 e. The van der Waals surface area contributed by atoms with E-state index in [1.54, 1.807) is 60.7 Å². The van der Waals surface area contributed by atoms with Crippen LogP contribution in [0.5, 0.6) is 0 Å². The van der Waals surface area contributed by atoms with E-state index in [2.05, 4.69) is 5.32 Å². The quantitative estimate of drug-likeness (QED) is 0.662. The fourth-order valence-electron chi connectivity index (χ4n) is 2.77. The van der Waals surface area contributed by atoms with Crippen molar-refractivity contribution in [2.45, 2.75) is 18.2 Å². The van der Waals surface area contributed by atoms with Crippen LogP contribution in [0, 0.1) is 12.7 Å². The van der Waals surface area contributed by atoms with Gasteiger partial charge >= 0.3 is 0 Å². The van der Waals surface area contributed by atoms with Gasteiger partial charge in [-0.25, -0.2) is 12.8 Å². The SMILES string of the molecule is Cc1ccc(S(=O)(=O)N(C)c2ccc(CC(=O)Nc3ccccc3F)cc2)cc1. The molecular formula is C22H21FN2O3S. The van der Waals surface area contributed by atoms with Gasteiger partial charge in [-0.2, -0.15) is 0 Å². The zero-order valence-electron chi connectivity index (χ0n) is 16.1. The van der Waals surface area contributed by atoms with Gasteiger partial charge in [0.1, 0.15) is 5.82 Å². The summed E-state index contributed by atoms with van der Waals surface area (Å²) in [7, 11) is -2.20. The Labute approximate surface area is 169 Å². The van der Waals surface area contributed by atoms with E-state index in [0.717, 1.165) is 5.56 Å². The molecule has 0 atom stereocenters. The molecule has 0 unspecified atom stereocenters. The first-order valence-corrected chi connectivity index (χ1v) is 10.4. The van der Waals surface area contributed by atoms with Crippen LogP contribution in [0.2, 0.25) is 0 Å². The molecule has 0 heterocycles. The molecule has 0 saturated carbocycles. The third-order valence-corrected chi connectivity index (χ3v) is 6.29. The van der Waals surface area contributed by atoms with Crippen LogP contribution in [-0.2, 0) is 21.2 Å². The highest BCUT2D eigenvalue weighted by Gasteiger charge is 2.21. The molecule has 3 aromatic rings. The van der Waals surface area contributed by atoms with Gasteiger partial charge in [0, 0.05) is 7.05 Å². The zero-order valence-corrected chi connectivity index (χ0v) is 16.9. The molecule has 3 aromatic carbocycles. The molecule has 5 nitrogen and oxygen atoms in total. The number of carbonyl (C=O) groups is 1. The van der Waals surface area contributed by atoms with E-state index >= 15 is 0 Å². The van der Waals surface area contributed by atoms with Gasteiger partial charge in [-0.05, 0) is 48.9 Å². The van der Waals surface area contributed by atoms with Gasteiger partial charge in [0.2, 0.25) is 5.91 Å². The Balaban J connectivity index is 1.70. The van der Waals surface area contributed by atoms with Gasteiger partial charge in [0.25, 0.3) is 10.0 Å². The minimum Gasteiger partial charge on any atom is -0.323 e. The van der Waals surface area contributed by atoms with Crippen LogP contribution in [0.1, 0.15) is 11.1 Å². The van der Waals surface area contributed by atoms with Crippen LogP contribution in [0.15, 0.2) is 77.7 Å². The van der Waals surface area contributed by atoms with Crippen molar-refractivity contribution in [3.8, 4) is 0 Å². The highest BCUT2D eigenvalue weighted by atomic mass is 32.2. The number of halogens is 1. The number of sulfonamides is 1. The lowest BCUT2D eigenvalue weighted by molar-refractivity contribution is -0.115. The molecule has 0 aliphatic rings. The van der Waals surface area contributed by atoms with Crippen molar-refractivity contribution in [2.24, 2.45) is 0 Å². The predicted molar refractivity (Wildman–Crippen MR) is 112 cm³/mol. The third kappa shape index (κ3) is 4.81. The van der Waals surface area contributed by atoms with Crippen molar-refractivity contribution in [1.82, 2.24) is 0 Å². The number of hydrogen-bond donors (Lipinski definition) is 1. The molecule has 1 N–H and O–H groups in total. The molecule has 7 heteroatoms. The van der Waals surface area contributed by atoms with Crippen molar-refractivity contribution >= 4 is 27.3 Å². The zero-order chi connectivity index (χ0) is 21.0. The lowest BCUT2D eigenvalue weighted by Gasteiger charge is -2.20. The normalized spacial score (nSPS) is 11.1. The second-order valence-electron chi connectivity index (χ2n) is 6.66. The van der Waals surface area contributed by atoms with Crippen molar-refractivity contribution in [3.63, 3.8) is 0 Å². The number of anilines is 2. The van der Waals surface area contributed by atoms with E-state index in [1.165, 1.54) is 23.5 Å². The van der Waals surface area contributed by atoms with Crippen LogP contribution in [-0.4, -0.2) is 21.4 Å². The molecular weight excluding hydrogens is 391 g/mol. The molecule has 0 aromatic heterocycles. The summed E-state index contributed by atoms with van der Waals surface area (Å²) in [6, 6.07) is 19.2. The summed E-state index contributed by atoms with van der Waals surface area (Å²) in [5.41, 5.74) is 2.26. The summed E-state index contributed by atoms with van der Waals surface area (Å²) in [6.45, 7) is 1.89. The summed E-state index contributed by atoms with van der Waals surface area (Å²) in [4.78, 5) is 12.3. The molecule has 0 aliphatic heterocycles. The Hall–Kier alpha value is -3.19. The number of aryl methyl sites for hydroxylation is 1. The molecule has 0 aliphatic carbocycles. The second kappa shape index (κ2) is 8.45. The first kappa shape index (κ1) is 20.5. The van der Waals surface area contributed by atoms with E-state index in [-0.39, 0.29) is 22.9 Å². The number of nitrogens with zero attached hydrogens (tertiary/aromatic N) is 1. The van der Waals surface area contributed by atoms with Crippen molar-refractivity contribution < 1.29 is 17.6 Å². The van der Waals surface area contributed by atoms with Gasteiger partial charge < -0.3 is 5.32 Å². The van der Waals surface area contributed by atoms with Crippen LogP contribution < -0.4 is 9.62 Å². The Morgan fingerprint density at radius 3 is 2.21 bits per heavy atom. The third-order valence-electron chi connectivity index (χ3n) is 4.49. The lowest BCUT2D eigenvalue weighted by Crippen LogP contribution is -2.26. The number of para-hydroxylation sites is 1. The Morgan fingerprint density at radius 2 is 1.59 bits per heavy atom. The summed E-state index contributed by atoms with van der Waals surface area (Å²) in [5.74, 6) is -0.859. The Morgan fingerprint density at radius 1 is 0.966 bits per heavy atom. The van der Waals surface area contributed by atoms with Gasteiger partial charge in [-0.3, -0.25) is 9.10 Å². The summed E-state index contributed by atoms with van der Waals surface area (Å²) < 4.78 is 40.4. The van der Waals surface area contributed by atoms with E-state index in [0.29, 0.717) is 11.3 Å². The molecule has 29 heavy (non-hydrogen) atoms. The number of amides is 1. The van der Waals surface area contributed by atoms with Crippen molar-refractivity contribution in [3.05, 3.63) is 89.7 Å². The molecule has 150 valence electrons. The maximum atomic E-state index is 13.6. The molecule has 0 bridgehead atoms. The Kier molecular flexibility index (Phi) is 5.98. The van der Waals surface area contributed by atoms with Gasteiger partial charge in [0.05, 0.1) is 22.7 Å². The van der Waals surface area contributed by atoms with E-state index < -0.39 is 15.8 Å². The number of rotatable bonds is 6. The lowest BCUT2D eigenvalue weighted by atomic mass is 10.1. The van der Waals surface area contributed by atoms with Gasteiger partial charge in [-0.15, -0.1) is 0 Å².